The van der Waals surface area contributed by atoms with Crippen molar-refractivity contribution in [3.63, 3.8) is 0 Å². The maximum absolute atomic E-state index is 5.59. The molecule has 0 fully saturated rings. The molecule has 0 aliphatic heterocycles. The number of nitrogens with two attached hydrogens (primary N) is 1. The number of halogens is 1. The third-order valence-electron chi connectivity index (χ3n) is 2.23. The van der Waals surface area contributed by atoms with Crippen LogP contribution in [0.3, 0.4) is 0 Å². The van der Waals surface area contributed by atoms with Crippen LogP contribution in [-0.2, 0) is 6.54 Å². The molecule has 3 nitrogen and oxygen atoms in total. The quantitative estimate of drug-likeness (QED) is 0.907. The summed E-state index contributed by atoms with van der Waals surface area (Å²) in [7, 11) is 0. The summed E-state index contributed by atoms with van der Waals surface area (Å²) in [6.07, 6.45) is 3.83. The van der Waals surface area contributed by atoms with Gasteiger partial charge in [-0.2, -0.15) is 5.10 Å². The van der Waals surface area contributed by atoms with Crippen LogP contribution >= 0.6 is 15.9 Å². The Morgan fingerprint density at radius 1 is 1.47 bits per heavy atom. The van der Waals surface area contributed by atoms with E-state index in [9.17, 15) is 0 Å². The smallest absolute Gasteiger partial charge is 0.0657 e. The second-order valence-electron chi connectivity index (χ2n) is 3.44. The van der Waals surface area contributed by atoms with Crippen molar-refractivity contribution < 1.29 is 0 Å². The van der Waals surface area contributed by atoms with Crippen molar-refractivity contribution in [3.8, 4) is 5.69 Å². The Hall–Kier alpha value is -1.13. The van der Waals surface area contributed by atoms with E-state index in [0.29, 0.717) is 6.54 Å². The Kier molecular flexibility index (Phi) is 2.88. The molecule has 0 bridgehead atoms. The minimum absolute atomic E-state index is 0.541. The molecule has 0 saturated carbocycles. The standard InChI is InChI=1S/C11H12BrN3/c1-8-6-14-15(7-8)10-3-2-9(5-13)11(12)4-10/h2-4,6-7H,5,13H2,1H3. The molecule has 0 spiro atoms. The van der Waals surface area contributed by atoms with E-state index in [2.05, 4.69) is 21.0 Å². The number of hydrogen-bond donors (Lipinski definition) is 1. The van der Waals surface area contributed by atoms with Gasteiger partial charge in [0.05, 0.1) is 11.9 Å². The molecular weight excluding hydrogens is 254 g/mol. The predicted octanol–water partition coefficient (Wildman–Crippen LogP) is 2.40. The van der Waals surface area contributed by atoms with E-state index < -0.39 is 0 Å². The van der Waals surface area contributed by atoms with Crippen molar-refractivity contribution >= 4 is 15.9 Å². The first kappa shape index (κ1) is 10.4. The van der Waals surface area contributed by atoms with Crippen LogP contribution < -0.4 is 5.73 Å². The highest BCUT2D eigenvalue weighted by Crippen LogP contribution is 2.20. The SMILES string of the molecule is Cc1cnn(-c2ccc(CN)c(Br)c2)c1. The summed E-state index contributed by atoms with van der Waals surface area (Å²) in [4.78, 5) is 0. The van der Waals surface area contributed by atoms with E-state index >= 15 is 0 Å². The van der Waals surface area contributed by atoms with Crippen LogP contribution in [0, 0.1) is 6.92 Å². The number of rotatable bonds is 2. The molecule has 0 amide bonds. The van der Waals surface area contributed by atoms with Gasteiger partial charge in [0, 0.05) is 17.2 Å². The second kappa shape index (κ2) is 4.16. The van der Waals surface area contributed by atoms with Gasteiger partial charge in [-0.15, -0.1) is 0 Å². The highest BCUT2D eigenvalue weighted by atomic mass is 79.9. The van der Waals surface area contributed by atoms with Crippen LogP contribution in [0.15, 0.2) is 35.1 Å². The van der Waals surface area contributed by atoms with E-state index in [-0.39, 0.29) is 0 Å². The number of benzene rings is 1. The molecule has 0 radical (unpaired) electrons. The summed E-state index contributed by atoms with van der Waals surface area (Å²) in [5.41, 5.74) is 8.87. The van der Waals surface area contributed by atoms with Gasteiger partial charge in [0.15, 0.2) is 0 Å². The topological polar surface area (TPSA) is 43.8 Å². The molecule has 4 heteroatoms. The fourth-order valence-corrected chi connectivity index (χ4v) is 1.93. The van der Waals surface area contributed by atoms with Gasteiger partial charge >= 0.3 is 0 Å². The van der Waals surface area contributed by atoms with E-state index in [0.717, 1.165) is 21.3 Å². The summed E-state index contributed by atoms with van der Waals surface area (Å²) >= 11 is 3.49. The monoisotopic (exact) mass is 265 g/mol. The summed E-state index contributed by atoms with van der Waals surface area (Å²) in [5.74, 6) is 0. The van der Waals surface area contributed by atoms with Crippen molar-refractivity contribution in [2.45, 2.75) is 13.5 Å². The number of hydrogen-bond acceptors (Lipinski definition) is 2. The van der Waals surface area contributed by atoms with E-state index in [1.54, 1.807) is 0 Å². The van der Waals surface area contributed by atoms with Crippen molar-refractivity contribution in [3.05, 3.63) is 46.2 Å². The largest absolute Gasteiger partial charge is 0.326 e. The first-order chi connectivity index (χ1) is 7.20. The molecule has 2 N–H and O–H groups in total. The van der Waals surface area contributed by atoms with Crippen molar-refractivity contribution in [2.24, 2.45) is 5.73 Å². The maximum atomic E-state index is 5.59. The van der Waals surface area contributed by atoms with Crippen molar-refractivity contribution in [1.29, 1.82) is 0 Å². The third-order valence-corrected chi connectivity index (χ3v) is 2.97. The van der Waals surface area contributed by atoms with E-state index in [4.69, 9.17) is 5.73 Å². The molecule has 2 rings (SSSR count). The highest BCUT2D eigenvalue weighted by molar-refractivity contribution is 9.10. The van der Waals surface area contributed by atoms with Gasteiger partial charge in [-0.1, -0.05) is 22.0 Å². The zero-order valence-electron chi connectivity index (χ0n) is 8.44. The molecule has 1 aromatic carbocycles. The van der Waals surface area contributed by atoms with Gasteiger partial charge in [0.25, 0.3) is 0 Å². The Labute approximate surface area is 97.0 Å². The zero-order chi connectivity index (χ0) is 10.8. The molecule has 0 atom stereocenters. The minimum atomic E-state index is 0.541. The molecule has 2 aromatic rings. The van der Waals surface area contributed by atoms with Crippen LogP contribution in [0.1, 0.15) is 11.1 Å². The second-order valence-corrected chi connectivity index (χ2v) is 4.30. The van der Waals surface area contributed by atoms with Gasteiger partial charge in [0.1, 0.15) is 0 Å². The molecule has 1 heterocycles. The molecule has 1 aromatic heterocycles. The van der Waals surface area contributed by atoms with Gasteiger partial charge < -0.3 is 5.73 Å². The summed E-state index contributed by atoms with van der Waals surface area (Å²) in [6, 6.07) is 6.05. The van der Waals surface area contributed by atoms with Gasteiger partial charge in [-0.3, -0.25) is 0 Å². The molecule has 15 heavy (non-hydrogen) atoms. The molecular formula is C11H12BrN3. The molecule has 0 aliphatic carbocycles. The van der Waals surface area contributed by atoms with Crippen LogP contribution in [0.2, 0.25) is 0 Å². The average molecular weight is 266 g/mol. The van der Waals surface area contributed by atoms with Crippen molar-refractivity contribution in [2.75, 3.05) is 0 Å². The number of aryl methyl sites for hydroxylation is 1. The Morgan fingerprint density at radius 3 is 2.80 bits per heavy atom. The average Bonchev–Trinajstić information content (AvgIpc) is 2.65. The van der Waals surface area contributed by atoms with Gasteiger partial charge in [-0.25, -0.2) is 4.68 Å². The fraction of sp³-hybridized carbons (Fsp3) is 0.182. The Balaban J connectivity index is 2.42. The first-order valence-electron chi connectivity index (χ1n) is 4.71. The summed E-state index contributed by atoms with van der Waals surface area (Å²) < 4.78 is 2.87. The minimum Gasteiger partial charge on any atom is -0.326 e. The van der Waals surface area contributed by atoms with Crippen LogP contribution in [-0.4, -0.2) is 9.78 Å². The lowest BCUT2D eigenvalue weighted by atomic mass is 10.2. The number of aromatic nitrogens is 2. The molecule has 0 unspecified atom stereocenters. The summed E-state index contributed by atoms with van der Waals surface area (Å²) in [5, 5.41) is 4.25. The third kappa shape index (κ3) is 2.11. The Morgan fingerprint density at radius 2 is 2.27 bits per heavy atom. The van der Waals surface area contributed by atoms with Crippen LogP contribution in [0.4, 0.5) is 0 Å². The molecule has 78 valence electrons. The van der Waals surface area contributed by atoms with E-state index in [1.165, 1.54) is 0 Å². The maximum Gasteiger partial charge on any atom is 0.0657 e. The zero-order valence-corrected chi connectivity index (χ0v) is 10.0. The van der Waals surface area contributed by atoms with Gasteiger partial charge in [-0.05, 0) is 30.2 Å². The lowest BCUT2D eigenvalue weighted by Crippen LogP contribution is -1.99. The van der Waals surface area contributed by atoms with Crippen LogP contribution in [0.5, 0.6) is 0 Å². The molecule has 0 saturated heterocycles. The molecule has 0 aliphatic rings. The fourth-order valence-electron chi connectivity index (χ4n) is 1.40. The van der Waals surface area contributed by atoms with Gasteiger partial charge in [0.2, 0.25) is 0 Å². The lowest BCUT2D eigenvalue weighted by molar-refractivity contribution is 0.877. The predicted molar refractivity (Wildman–Crippen MR) is 63.9 cm³/mol. The highest BCUT2D eigenvalue weighted by Gasteiger charge is 2.02. The first-order valence-corrected chi connectivity index (χ1v) is 5.50. The van der Waals surface area contributed by atoms with E-state index in [1.807, 2.05) is 42.2 Å². The van der Waals surface area contributed by atoms with Crippen LogP contribution in [0.25, 0.3) is 5.69 Å². The number of nitrogens with zero attached hydrogens (tertiary/aromatic N) is 2. The van der Waals surface area contributed by atoms with Crippen molar-refractivity contribution in [1.82, 2.24) is 9.78 Å². The summed E-state index contributed by atoms with van der Waals surface area (Å²) in [6.45, 7) is 2.56. The normalized spacial score (nSPS) is 10.6. The lowest BCUT2D eigenvalue weighted by Gasteiger charge is -2.05. The Bertz CT molecular complexity index is 476.